The van der Waals surface area contributed by atoms with E-state index < -0.39 is 5.97 Å². The Morgan fingerprint density at radius 1 is 1.22 bits per heavy atom. The highest BCUT2D eigenvalue weighted by atomic mass is 16.5. The van der Waals surface area contributed by atoms with Gasteiger partial charge in [-0.15, -0.1) is 0 Å². The Balaban J connectivity index is 2.06. The van der Waals surface area contributed by atoms with Crippen molar-refractivity contribution in [1.82, 2.24) is 5.32 Å². The molecule has 0 aliphatic carbocycles. The zero-order valence-electron chi connectivity index (χ0n) is 9.89. The van der Waals surface area contributed by atoms with Crippen LogP contribution >= 0.6 is 0 Å². The maximum absolute atomic E-state index is 11.4. The number of rotatable bonds is 8. The molecule has 3 N–H and O–H groups in total. The minimum Gasteiger partial charge on any atom is -0.480 e. The number of aliphatic carboxylic acids is 1. The first-order valence-electron chi connectivity index (χ1n) is 5.53. The van der Waals surface area contributed by atoms with Gasteiger partial charge in [-0.05, 0) is 12.1 Å². The summed E-state index contributed by atoms with van der Waals surface area (Å²) in [5.74, 6) is -1.19. The summed E-state index contributed by atoms with van der Waals surface area (Å²) in [5, 5.41) is 13.9. The van der Waals surface area contributed by atoms with Gasteiger partial charge in [0.1, 0.15) is 6.61 Å². The number of carboxylic acid groups (broad SMARTS) is 1. The van der Waals surface area contributed by atoms with Gasteiger partial charge in [0.15, 0.2) is 0 Å². The summed E-state index contributed by atoms with van der Waals surface area (Å²) in [6.07, 6.45) is 0. The number of carbonyl (C=O) groups excluding carboxylic acids is 1. The van der Waals surface area contributed by atoms with Gasteiger partial charge in [0.2, 0.25) is 5.91 Å². The van der Waals surface area contributed by atoms with Crippen molar-refractivity contribution in [2.75, 3.05) is 31.6 Å². The molecule has 0 saturated heterocycles. The average Bonchev–Trinajstić information content (AvgIpc) is 2.37. The van der Waals surface area contributed by atoms with Crippen LogP contribution in [-0.2, 0) is 14.3 Å². The highest BCUT2D eigenvalue weighted by Crippen LogP contribution is 2.03. The molecule has 0 saturated carbocycles. The second-order valence-electron chi connectivity index (χ2n) is 3.52. The molecular weight excluding hydrogens is 236 g/mol. The summed E-state index contributed by atoms with van der Waals surface area (Å²) >= 11 is 0. The van der Waals surface area contributed by atoms with E-state index in [9.17, 15) is 9.59 Å². The van der Waals surface area contributed by atoms with Crippen LogP contribution in [0.2, 0.25) is 0 Å². The predicted octanol–water partition coefficient (Wildman–Crippen LogP) is 0.316. The Morgan fingerprint density at radius 3 is 2.61 bits per heavy atom. The number of nitrogens with one attached hydrogen (secondary N) is 2. The Morgan fingerprint density at radius 2 is 1.94 bits per heavy atom. The molecule has 1 aromatic carbocycles. The zero-order chi connectivity index (χ0) is 13.2. The Labute approximate surface area is 105 Å². The Bertz CT molecular complexity index is 381. The molecule has 0 bridgehead atoms. The molecule has 1 rings (SSSR count). The third kappa shape index (κ3) is 6.49. The quantitative estimate of drug-likeness (QED) is 0.580. The van der Waals surface area contributed by atoms with Crippen LogP contribution in [-0.4, -0.2) is 43.3 Å². The van der Waals surface area contributed by atoms with Crippen LogP contribution in [0.1, 0.15) is 0 Å². The van der Waals surface area contributed by atoms with Crippen LogP contribution in [0.4, 0.5) is 5.69 Å². The van der Waals surface area contributed by atoms with Crippen molar-refractivity contribution in [2.24, 2.45) is 0 Å². The molecule has 0 unspecified atom stereocenters. The number of hydrogen-bond donors (Lipinski definition) is 3. The van der Waals surface area contributed by atoms with Crippen LogP contribution in [0.25, 0.3) is 0 Å². The van der Waals surface area contributed by atoms with Gasteiger partial charge >= 0.3 is 5.97 Å². The Kier molecular flexibility index (Phi) is 6.27. The van der Waals surface area contributed by atoms with Gasteiger partial charge in [0.25, 0.3) is 0 Å². The van der Waals surface area contributed by atoms with Crippen LogP contribution in [0.15, 0.2) is 30.3 Å². The fourth-order valence-corrected chi connectivity index (χ4v) is 1.22. The number of anilines is 1. The van der Waals surface area contributed by atoms with E-state index in [0.717, 1.165) is 5.69 Å². The first-order valence-corrected chi connectivity index (χ1v) is 5.53. The van der Waals surface area contributed by atoms with E-state index in [4.69, 9.17) is 9.84 Å². The van der Waals surface area contributed by atoms with Crippen LogP contribution < -0.4 is 10.6 Å². The number of ether oxygens (including phenoxy) is 1. The molecule has 18 heavy (non-hydrogen) atoms. The first kappa shape index (κ1) is 14.0. The van der Waals surface area contributed by atoms with Gasteiger partial charge in [0, 0.05) is 12.2 Å². The fraction of sp³-hybridized carbons (Fsp3) is 0.333. The molecule has 1 aromatic rings. The molecule has 6 heteroatoms. The number of carbonyl (C=O) groups is 2. The number of hydrogen-bond acceptors (Lipinski definition) is 4. The first-order chi connectivity index (χ1) is 8.68. The monoisotopic (exact) mass is 252 g/mol. The molecule has 0 aliphatic rings. The molecule has 0 fully saturated rings. The molecule has 0 spiro atoms. The molecule has 0 radical (unpaired) electrons. The van der Waals surface area contributed by atoms with Gasteiger partial charge in [-0.1, -0.05) is 18.2 Å². The standard InChI is InChI=1S/C12H16N2O4/c15-11(13-6-7-18-9-12(16)17)8-14-10-4-2-1-3-5-10/h1-5,14H,6-9H2,(H,13,15)(H,16,17). The molecule has 0 atom stereocenters. The lowest BCUT2D eigenvalue weighted by Gasteiger charge is -2.07. The lowest BCUT2D eigenvalue weighted by molar-refractivity contribution is -0.142. The van der Waals surface area contributed by atoms with E-state index in [1.54, 1.807) is 0 Å². The van der Waals surface area contributed by atoms with Crippen molar-refractivity contribution in [3.63, 3.8) is 0 Å². The summed E-state index contributed by atoms with van der Waals surface area (Å²) < 4.78 is 4.77. The minimum absolute atomic E-state index is 0.169. The average molecular weight is 252 g/mol. The number of amides is 1. The molecular formula is C12H16N2O4. The normalized spacial score (nSPS) is 9.78. The van der Waals surface area contributed by atoms with Gasteiger partial charge in [0.05, 0.1) is 13.2 Å². The lowest BCUT2D eigenvalue weighted by atomic mass is 10.3. The van der Waals surface area contributed by atoms with Crippen molar-refractivity contribution in [3.8, 4) is 0 Å². The Hall–Kier alpha value is -2.08. The van der Waals surface area contributed by atoms with Crippen molar-refractivity contribution < 1.29 is 19.4 Å². The third-order valence-corrected chi connectivity index (χ3v) is 2.02. The smallest absolute Gasteiger partial charge is 0.329 e. The molecule has 98 valence electrons. The molecule has 6 nitrogen and oxygen atoms in total. The molecule has 1 amide bonds. The molecule has 0 aromatic heterocycles. The summed E-state index contributed by atoms with van der Waals surface area (Å²) in [4.78, 5) is 21.5. The van der Waals surface area contributed by atoms with E-state index in [0.29, 0.717) is 6.54 Å². The van der Waals surface area contributed by atoms with Crippen molar-refractivity contribution in [2.45, 2.75) is 0 Å². The van der Waals surface area contributed by atoms with Crippen molar-refractivity contribution >= 4 is 17.6 Å². The number of benzene rings is 1. The third-order valence-electron chi connectivity index (χ3n) is 2.02. The van der Waals surface area contributed by atoms with Gasteiger partial charge in [-0.25, -0.2) is 4.79 Å². The molecule has 0 heterocycles. The predicted molar refractivity (Wildman–Crippen MR) is 66.4 cm³/mol. The lowest BCUT2D eigenvalue weighted by Crippen LogP contribution is -2.32. The minimum atomic E-state index is -1.02. The summed E-state index contributed by atoms with van der Waals surface area (Å²) in [6.45, 7) is 0.299. The maximum Gasteiger partial charge on any atom is 0.329 e. The van der Waals surface area contributed by atoms with Gasteiger partial charge < -0.3 is 20.5 Å². The van der Waals surface area contributed by atoms with E-state index in [2.05, 4.69) is 10.6 Å². The van der Waals surface area contributed by atoms with E-state index in [-0.39, 0.29) is 25.7 Å². The zero-order valence-corrected chi connectivity index (χ0v) is 9.89. The van der Waals surface area contributed by atoms with E-state index >= 15 is 0 Å². The molecule has 0 aliphatic heterocycles. The second kappa shape index (κ2) is 8.08. The summed E-state index contributed by atoms with van der Waals surface area (Å²) in [7, 11) is 0. The van der Waals surface area contributed by atoms with Crippen molar-refractivity contribution in [3.05, 3.63) is 30.3 Å². The topological polar surface area (TPSA) is 87.7 Å². The maximum atomic E-state index is 11.4. The van der Waals surface area contributed by atoms with Gasteiger partial charge in [-0.3, -0.25) is 4.79 Å². The second-order valence-corrected chi connectivity index (χ2v) is 3.52. The summed E-state index contributed by atoms with van der Waals surface area (Å²) in [5.41, 5.74) is 0.870. The summed E-state index contributed by atoms with van der Waals surface area (Å²) in [6, 6.07) is 9.37. The van der Waals surface area contributed by atoms with E-state index in [1.807, 2.05) is 30.3 Å². The van der Waals surface area contributed by atoms with E-state index in [1.165, 1.54) is 0 Å². The van der Waals surface area contributed by atoms with Gasteiger partial charge in [-0.2, -0.15) is 0 Å². The van der Waals surface area contributed by atoms with Crippen LogP contribution in [0.3, 0.4) is 0 Å². The van der Waals surface area contributed by atoms with Crippen LogP contribution in [0, 0.1) is 0 Å². The largest absolute Gasteiger partial charge is 0.480 e. The van der Waals surface area contributed by atoms with Crippen molar-refractivity contribution in [1.29, 1.82) is 0 Å². The highest BCUT2D eigenvalue weighted by molar-refractivity contribution is 5.80. The number of carboxylic acids is 1. The highest BCUT2D eigenvalue weighted by Gasteiger charge is 2.00. The SMILES string of the molecule is O=C(O)COCCNC(=O)CNc1ccccc1. The van der Waals surface area contributed by atoms with Crippen LogP contribution in [0.5, 0.6) is 0 Å². The fourth-order valence-electron chi connectivity index (χ4n) is 1.22. The number of para-hydroxylation sites is 1.